The normalized spacial score (nSPS) is 10.1. The Labute approximate surface area is 90.7 Å². The van der Waals surface area contributed by atoms with E-state index in [2.05, 4.69) is 10.2 Å². The highest BCUT2D eigenvalue weighted by atomic mass is 19.1. The number of methoxy groups -OCH3 is 1. The first-order valence-electron chi connectivity index (χ1n) is 4.59. The second kappa shape index (κ2) is 4.14. The number of hydrogen-bond acceptors (Lipinski definition) is 3. The fraction of sp³-hybridized carbons (Fsp3) is 0.0909. The average molecular weight is 220 g/mol. The Morgan fingerprint density at radius 1 is 1.38 bits per heavy atom. The third-order valence-electron chi connectivity index (χ3n) is 2.15. The molecule has 5 heteroatoms. The van der Waals surface area contributed by atoms with Crippen molar-refractivity contribution in [2.75, 3.05) is 7.11 Å². The van der Waals surface area contributed by atoms with Crippen molar-refractivity contribution in [3.05, 3.63) is 46.6 Å². The van der Waals surface area contributed by atoms with Gasteiger partial charge in [0, 0.05) is 23.3 Å². The second-order valence-electron chi connectivity index (χ2n) is 3.18. The molecule has 0 aliphatic carbocycles. The summed E-state index contributed by atoms with van der Waals surface area (Å²) in [7, 11) is 1.46. The van der Waals surface area contributed by atoms with Crippen LogP contribution in [0.4, 0.5) is 4.39 Å². The molecule has 4 nitrogen and oxygen atoms in total. The van der Waals surface area contributed by atoms with E-state index in [1.165, 1.54) is 25.4 Å². The summed E-state index contributed by atoms with van der Waals surface area (Å²) in [6.07, 6.45) is 1.40. The number of benzene rings is 1. The zero-order valence-corrected chi connectivity index (χ0v) is 8.53. The number of halogens is 1. The van der Waals surface area contributed by atoms with E-state index >= 15 is 0 Å². The minimum atomic E-state index is -0.452. The lowest BCUT2D eigenvalue weighted by Gasteiger charge is -2.04. The van der Waals surface area contributed by atoms with Crippen LogP contribution < -0.4 is 10.3 Å². The summed E-state index contributed by atoms with van der Waals surface area (Å²) in [4.78, 5) is 11.0. The standard InChI is InChI=1S/C11H9FN2O2/c1-16-8-2-3-9(10(12)5-8)7-4-11(15)14-13-6-7/h2-6H,1H3,(H,14,15). The molecule has 1 aromatic carbocycles. The first-order valence-corrected chi connectivity index (χ1v) is 4.59. The number of aromatic amines is 1. The fourth-order valence-electron chi connectivity index (χ4n) is 1.38. The molecule has 0 radical (unpaired) electrons. The van der Waals surface area contributed by atoms with Crippen LogP contribution in [0.3, 0.4) is 0 Å². The lowest BCUT2D eigenvalue weighted by Crippen LogP contribution is -2.05. The number of nitrogens with zero attached hydrogens (tertiary/aromatic N) is 1. The lowest BCUT2D eigenvalue weighted by molar-refractivity contribution is 0.411. The van der Waals surface area contributed by atoms with Gasteiger partial charge < -0.3 is 4.74 Å². The van der Waals surface area contributed by atoms with Crippen molar-refractivity contribution in [2.45, 2.75) is 0 Å². The topological polar surface area (TPSA) is 55.0 Å². The van der Waals surface area contributed by atoms with Gasteiger partial charge in [0.15, 0.2) is 0 Å². The first kappa shape index (κ1) is 10.4. The molecule has 0 fully saturated rings. The highest BCUT2D eigenvalue weighted by molar-refractivity contribution is 5.63. The molecule has 0 spiro atoms. The van der Waals surface area contributed by atoms with E-state index in [1.54, 1.807) is 12.1 Å². The number of aromatic nitrogens is 2. The highest BCUT2D eigenvalue weighted by Gasteiger charge is 2.07. The molecule has 0 aliphatic rings. The Bertz CT molecular complexity index is 566. The average Bonchev–Trinajstić information content (AvgIpc) is 2.28. The molecule has 0 saturated heterocycles. The molecule has 0 saturated carbocycles. The van der Waals surface area contributed by atoms with Crippen LogP contribution in [0, 0.1) is 5.82 Å². The van der Waals surface area contributed by atoms with E-state index in [0.29, 0.717) is 16.9 Å². The molecular weight excluding hydrogens is 211 g/mol. The van der Waals surface area contributed by atoms with Gasteiger partial charge in [0.2, 0.25) is 0 Å². The van der Waals surface area contributed by atoms with Gasteiger partial charge in [0.1, 0.15) is 11.6 Å². The van der Waals surface area contributed by atoms with Gasteiger partial charge in [-0.15, -0.1) is 0 Å². The fourth-order valence-corrected chi connectivity index (χ4v) is 1.38. The summed E-state index contributed by atoms with van der Waals surface area (Å²) in [5, 5.41) is 5.84. The number of rotatable bonds is 2. The number of hydrogen-bond donors (Lipinski definition) is 1. The monoisotopic (exact) mass is 220 g/mol. The molecule has 0 unspecified atom stereocenters. The van der Waals surface area contributed by atoms with Crippen LogP contribution in [0.5, 0.6) is 5.75 Å². The van der Waals surface area contributed by atoms with Crippen LogP contribution in [0.2, 0.25) is 0 Å². The highest BCUT2D eigenvalue weighted by Crippen LogP contribution is 2.24. The maximum Gasteiger partial charge on any atom is 0.264 e. The maximum atomic E-state index is 13.6. The molecule has 0 bridgehead atoms. The predicted molar refractivity (Wildman–Crippen MR) is 56.8 cm³/mol. The molecule has 1 aromatic heterocycles. The van der Waals surface area contributed by atoms with E-state index in [0.717, 1.165) is 0 Å². The molecule has 2 rings (SSSR count). The van der Waals surface area contributed by atoms with E-state index in [-0.39, 0.29) is 5.56 Å². The van der Waals surface area contributed by atoms with Crippen molar-refractivity contribution in [3.63, 3.8) is 0 Å². The summed E-state index contributed by atoms with van der Waals surface area (Å²) in [5.41, 5.74) is 0.385. The van der Waals surface area contributed by atoms with Crippen LogP contribution in [0.15, 0.2) is 35.3 Å². The first-order chi connectivity index (χ1) is 7.70. The van der Waals surface area contributed by atoms with Gasteiger partial charge in [-0.25, -0.2) is 9.49 Å². The summed E-state index contributed by atoms with van der Waals surface area (Å²) in [6.45, 7) is 0. The van der Waals surface area contributed by atoms with Crippen LogP contribution in [0.1, 0.15) is 0 Å². The Morgan fingerprint density at radius 3 is 2.81 bits per heavy atom. The van der Waals surface area contributed by atoms with E-state index in [4.69, 9.17) is 4.74 Å². The Kier molecular flexibility index (Phi) is 2.68. The molecular formula is C11H9FN2O2. The molecule has 2 aromatic rings. The van der Waals surface area contributed by atoms with Gasteiger partial charge >= 0.3 is 0 Å². The van der Waals surface area contributed by atoms with Crippen LogP contribution in [-0.2, 0) is 0 Å². The van der Waals surface area contributed by atoms with Gasteiger partial charge in [-0.2, -0.15) is 5.10 Å². The molecule has 0 aliphatic heterocycles. The van der Waals surface area contributed by atoms with E-state index in [9.17, 15) is 9.18 Å². The van der Waals surface area contributed by atoms with Crippen LogP contribution in [-0.4, -0.2) is 17.3 Å². The van der Waals surface area contributed by atoms with Gasteiger partial charge in [0.05, 0.1) is 13.3 Å². The molecule has 1 N–H and O–H groups in total. The minimum absolute atomic E-state index is 0.319. The van der Waals surface area contributed by atoms with Gasteiger partial charge in [-0.3, -0.25) is 4.79 Å². The number of ether oxygens (including phenoxy) is 1. The van der Waals surface area contributed by atoms with E-state index < -0.39 is 5.82 Å². The van der Waals surface area contributed by atoms with Crippen molar-refractivity contribution >= 4 is 0 Å². The molecule has 0 amide bonds. The lowest BCUT2D eigenvalue weighted by atomic mass is 10.1. The third-order valence-corrected chi connectivity index (χ3v) is 2.15. The van der Waals surface area contributed by atoms with Gasteiger partial charge in [-0.1, -0.05) is 0 Å². The summed E-state index contributed by atoms with van der Waals surface area (Å²) in [5.74, 6) is -0.0224. The van der Waals surface area contributed by atoms with Crippen LogP contribution in [0.25, 0.3) is 11.1 Å². The maximum absolute atomic E-state index is 13.6. The Morgan fingerprint density at radius 2 is 2.19 bits per heavy atom. The quantitative estimate of drug-likeness (QED) is 0.836. The summed E-state index contributed by atoms with van der Waals surface area (Å²) < 4.78 is 18.5. The summed E-state index contributed by atoms with van der Waals surface area (Å²) >= 11 is 0. The second-order valence-corrected chi connectivity index (χ2v) is 3.18. The Hall–Kier alpha value is -2.17. The van der Waals surface area contributed by atoms with Gasteiger partial charge in [0.25, 0.3) is 5.56 Å². The molecule has 1 heterocycles. The predicted octanol–water partition coefficient (Wildman–Crippen LogP) is 1.58. The zero-order chi connectivity index (χ0) is 11.5. The third kappa shape index (κ3) is 1.93. The zero-order valence-electron chi connectivity index (χ0n) is 8.53. The van der Waals surface area contributed by atoms with Crippen molar-refractivity contribution in [1.82, 2.24) is 10.2 Å². The Balaban J connectivity index is 2.52. The van der Waals surface area contributed by atoms with E-state index in [1.807, 2.05) is 0 Å². The van der Waals surface area contributed by atoms with Crippen molar-refractivity contribution in [3.8, 4) is 16.9 Å². The van der Waals surface area contributed by atoms with Crippen molar-refractivity contribution in [1.29, 1.82) is 0 Å². The largest absolute Gasteiger partial charge is 0.497 e. The molecule has 82 valence electrons. The van der Waals surface area contributed by atoms with Crippen LogP contribution >= 0.6 is 0 Å². The van der Waals surface area contributed by atoms with Gasteiger partial charge in [-0.05, 0) is 12.1 Å². The molecule has 16 heavy (non-hydrogen) atoms. The molecule has 0 atom stereocenters. The number of H-pyrrole nitrogens is 1. The minimum Gasteiger partial charge on any atom is -0.497 e. The van der Waals surface area contributed by atoms with Crippen molar-refractivity contribution < 1.29 is 9.13 Å². The summed E-state index contributed by atoms with van der Waals surface area (Å²) in [6, 6.07) is 5.72. The smallest absolute Gasteiger partial charge is 0.264 e. The SMILES string of the molecule is COc1ccc(-c2cn[nH]c(=O)c2)c(F)c1. The number of nitrogens with one attached hydrogen (secondary N) is 1. The van der Waals surface area contributed by atoms with Crippen molar-refractivity contribution in [2.24, 2.45) is 0 Å².